The molecule has 1 aromatic carbocycles. The Hall–Kier alpha value is -2.53. The van der Waals surface area contributed by atoms with E-state index in [0.717, 1.165) is 42.3 Å². The zero-order valence-corrected chi connectivity index (χ0v) is 15.1. The Labute approximate surface area is 157 Å². The van der Waals surface area contributed by atoms with Crippen molar-refractivity contribution in [2.45, 2.75) is 44.6 Å². The van der Waals surface area contributed by atoms with Crippen molar-refractivity contribution >= 4 is 11.3 Å². The minimum Gasteiger partial charge on any atom is -0.393 e. The Morgan fingerprint density at radius 1 is 1.19 bits per heavy atom. The zero-order valence-electron chi connectivity index (χ0n) is 15.1. The average Bonchev–Trinajstić information content (AvgIpc) is 3.02. The molecule has 0 bridgehead atoms. The van der Waals surface area contributed by atoms with Crippen LogP contribution < -0.4 is 0 Å². The van der Waals surface area contributed by atoms with E-state index < -0.39 is 6.10 Å². The van der Waals surface area contributed by atoms with Crippen LogP contribution in [0, 0.1) is 11.7 Å². The van der Waals surface area contributed by atoms with Gasteiger partial charge in [-0.3, -0.25) is 4.79 Å². The summed E-state index contributed by atoms with van der Waals surface area (Å²) in [5.41, 5.74) is 3.19. The molecule has 1 aliphatic rings. The topological polar surface area (TPSA) is 54.6 Å². The highest BCUT2D eigenvalue weighted by Gasteiger charge is 2.27. The number of benzene rings is 1. The molecule has 140 valence electrons. The molecule has 5 heteroatoms. The lowest BCUT2D eigenvalue weighted by Gasteiger charge is -2.26. The van der Waals surface area contributed by atoms with E-state index in [1.807, 2.05) is 24.3 Å². The van der Waals surface area contributed by atoms with E-state index in [2.05, 4.69) is 5.10 Å². The first-order valence-corrected chi connectivity index (χ1v) is 9.53. The molecule has 1 aliphatic carbocycles. The fraction of sp³-hybridized carbons (Fsp3) is 0.364. The van der Waals surface area contributed by atoms with Gasteiger partial charge in [-0.15, -0.1) is 0 Å². The van der Waals surface area contributed by atoms with Crippen molar-refractivity contribution in [3.8, 4) is 0 Å². The van der Waals surface area contributed by atoms with Crippen LogP contribution in [0.15, 0.2) is 48.7 Å². The molecule has 4 nitrogen and oxygen atoms in total. The summed E-state index contributed by atoms with van der Waals surface area (Å²) in [6.45, 7) is 0. The van der Waals surface area contributed by atoms with Crippen LogP contribution in [0.1, 0.15) is 53.7 Å². The zero-order chi connectivity index (χ0) is 18.8. The summed E-state index contributed by atoms with van der Waals surface area (Å²) in [5, 5.41) is 14.5. The smallest absolute Gasteiger partial charge is 0.181 e. The lowest BCUT2D eigenvalue weighted by atomic mass is 9.83. The molecule has 27 heavy (non-hydrogen) atoms. The number of ketones is 1. The van der Waals surface area contributed by atoms with Crippen LogP contribution in [0.5, 0.6) is 0 Å². The van der Waals surface area contributed by atoms with Gasteiger partial charge in [0.2, 0.25) is 0 Å². The minimum atomic E-state index is -0.395. The van der Waals surface area contributed by atoms with Gasteiger partial charge in [0, 0.05) is 12.6 Å². The summed E-state index contributed by atoms with van der Waals surface area (Å²) in [6, 6.07) is 12.1. The number of nitrogens with zero attached hydrogens (tertiary/aromatic N) is 2. The third-order valence-electron chi connectivity index (χ3n) is 5.50. The molecule has 0 amide bonds. The molecule has 0 saturated heterocycles. The van der Waals surface area contributed by atoms with Gasteiger partial charge >= 0.3 is 0 Å². The van der Waals surface area contributed by atoms with Gasteiger partial charge in [-0.1, -0.05) is 25.0 Å². The van der Waals surface area contributed by atoms with Crippen LogP contribution in [-0.4, -0.2) is 26.6 Å². The van der Waals surface area contributed by atoms with E-state index in [-0.39, 0.29) is 17.5 Å². The first-order valence-electron chi connectivity index (χ1n) is 9.53. The van der Waals surface area contributed by atoms with E-state index >= 15 is 0 Å². The number of aliphatic hydroxyl groups is 1. The highest BCUT2D eigenvalue weighted by Crippen LogP contribution is 2.29. The second-order valence-electron chi connectivity index (χ2n) is 7.42. The van der Waals surface area contributed by atoms with Crippen molar-refractivity contribution in [3.63, 3.8) is 0 Å². The first kappa shape index (κ1) is 17.9. The van der Waals surface area contributed by atoms with Gasteiger partial charge in [0.25, 0.3) is 0 Å². The van der Waals surface area contributed by atoms with Crippen LogP contribution in [-0.2, 0) is 6.42 Å². The van der Waals surface area contributed by atoms with Gasteiger partial charge < -0.3 is 5.11 Å². The second kappa shape index (κ2) is 7.61. The molecule has 2 heterocycles. The minimum absolute atomic E-state index is 0.000132. The number of carbonyl (C=O) groups is 1. The quantitative estimate of drug-likeness (QED) is 0.689. The van der Waals surface area contributed by atoms with E-state index in [0.29, 0.717) is 18.5 Å². The Bertz CT molecular complexity index is 966. The van der Waals surface area contributed by atoms with E-state index in [1.165, 1.54) is 12.1 Å². The van der Waals surface area contributed by atoms with Gasteiger partial charge in [0.05, 0.1) is 11.6 Å². The number of hydrogen-bond acceptors (Lipinski definition) is 3. The molecule has 2 atom stereocenters. The second-order valence-corrected chi connectivity index (χ2v) is 7.42. The molecule has 0 spiro atoms. The van der Waals surface area contributed by atoms with Crippen molar-refractivity contribution in [1.82, 2.24) is 9.61 Å². The van der Waals surface area contributed by atoms with Crippen molar-refractivity contribution < 1.29 is 14.3 Å². The summed E-state index contributed by atoms with van der Waals surface area (Å²) in [5.74, 6) is -0.246. The third kappa shape index (κ3) is 3.78. The molecule has 0 aliphatic heterocycles. The molecule has 0 radical (unpaired) electrons. The molecule has 2 aromatic heterocycles. The highest BCUT2D eigenvalue weighted by molar-refractivity contribution is 5.96. The molecular weight excluding hydrogens is 343 g/mol. The van der Waals surface area contributed by atoms with Crippen molar-refractivity contribution in [3.05, 3.63) is 71.3 Å². The average molecular weight is 366 g/mol. The number of Topliss-reactive ketones (excluding diaryl/α,β-unsaturated/α-hetero) is 1. The van der Waals surface area contributed by atoms with Crippen molar-refractivity contribution in [2.24, 2.45) is 5.92 Å². The Kier molecular flexibility index (Phi) is 5.03. The summed E-state index contributed by atoms with van der Waals surface area (Å²) < 4.78 is 15.2. The fourth-order valence-electron chi connectivity index (χ4n) is 4.08. The number of aromatic nitrogens is 2. The van der Waals surface area contributed by atoms with Crippen LogP contribution in [0.25, 0.3) is 5.52 Å². The first-order chi connectivity index (χ1) is 13.1. The normalized spacial score (nSPS) is 20.1. The number of halogens is 1. The number of hydrogen-bond donors (Lipinski definition) is 1. The van der Waals surface area contributed by atoms with Gasteiger partial charge in [-0.2, -0.15) is 5.10 Å². The van der Waals surface area contributed by atoms with Crippen LogP contribution in [0.3, 0.4) is 0 Å². The number of carbonyl (C=O) groups excluding carboxylic acids is 1. The summed E-state index contributed by atoms with van der Waals surface area (Å²) in [6.07, 6.45) is 5.89. The van der Waals surface area contributed by atoms with Crippen molar-refractivity contribution in [2.75, 3.05) is 0 Å². The Morgan fingerprint density at radius 3 is 2.85 bits per heavy atom. The SMILES string of the molecule is O=C(C[C@H]1CCCC[C@@H]1O)c1cc(Cc2cccc(F)c2)c2cccnn12. The van der Waals surface area contributed by atoms with Crippen LogP contribution >= 0.6 is 0 Å². The van der Waals surface area contributed by atoms with Gasteiger partial charge in [-0.25, -0.2) is 8.91 Å². The predicted molar refractivity (Wildman–Crippen MR) is 101 cm³/mol. The van der Waals surface area contributed by atoms with E-state index in [9.17, 15) is 14.3 Å². The van der Waals surface area contributed by atoms with Crippen LogP contribution in [0.4, 0.5) is 4.39 Å². The maximum atomic E-state index is 13.5. The maximum absolute atomic E-state index is 13.5. The third-order valence-corrected chi connectivity index (χ3v) is 5.50. The van der Waals surface area contributed by atoms with Gasteiger partial charge in [0.15, 0.2) is 5.78 Å². The number of rotatable bonds is 5. The molecule has 1 saturated carbocycles. The standard InChI is InChI=1S/C22H23FN2O2/c23-18-7-3-5-15(12-18)11-17-13-20(25-19(17)8-4-10-24-25)22(27)14-16-6-1-2-9-21(16)26/h3-5,7-8,10,12-13,16,21,26H,1-2,6,9,11,14H2/t16-,21+/m1/s1. The monoisotopic (exact) mass is 366 g/mol. The molecule has 1 fully saturated rings. The number of aliphatic hydroxyl groups excluding tert-OH is 1. The van der Waals surface area contributed by atoms with E-state index in [1.54, 1.807) is 16.8 Å². The summed E-state index contributed by atoms with van der Waals surface area (Å²) in [4.78, 5) is 13.0. The van der Waals surface area contributed by atoms with Gasteiger partial charge in [0.1, 0.15) is 11.5 Å². The molecule has 1 N–H and O–H groups in total. The lowest BCUT2D eigenvalue weighted by molar-refractivity contribution is 0.0580. The lowest BCUT2D eigenvalue weighted by Crippen LogP contribution is -2.27. The van der Waals surface area contributed by atoms with Crippen molar-refractivity contribution in [1.29, 1.82) is 0 Å². The largest absolute Gasteiger partial charge is 0.393 e. The molecule has 0 unspecified atom stereocenters. The Balaban J connectivity index is 1.64. The predicted octanol–water partition coefficient (Wildman–Crippen LogP) is 4.19. The summed E-state index contributed by atoms with van der Waals surface area (Å²) >= 11 is 0. The maximum Gasteiger partial charge on any atom is 0.181 e. The Morgan fingerprint density at radius 2 is 2.04 bits per heavy atom. The van der Waals surface area contributed by atoms with Crippen LogP contribution in [0.2, 0.25) is 0 Å². The van der Waals surface area contributed by atoms with Gasteiger partial charge in [-0.05, 0) is 66.6 Å². The van der Waals surface area contributed by atoms with E-state index in [4.69, 9.17) is 0 Å². The number of fused-ring (bicyclic) bond motifs is 1. The fourth-order valence-corrected chi connectivity index (χ4v) is 4.08. The molecule has 4 rings (SSSR count). The molecular formula is C22H23FN2O2. The summed E-state index contributed by atoms with van der Waals surface area (Å²) in [7, 11) is 0. The highest BCUT2D eigenvalue weighted by atomic mass is 19.1. The molecule has 3 aromatic rings.